The molecule has 4 aromatic rings. The third-order valence-corrected chi connectivity index (χ3v) is 8.23. The summed E-state index contributed by atoms with van der Waals surface area (Å²) in [5.74, 6) is -0.607. The van der Waals surface area contributed by atoms with E-state index in [9.17, 15) is 13.2 Å². The van der Waals surface area contributed by atoms with Gasteiger partial charge in [-0.15, -0.1) is 0 Å². The fourth-order valence-electron chi connectivity index (χ4n) is 4.21. The molecule has 7 nitrogen and oxygen atoms in total. The predicted molar refractivity (Wildman–Crippen MR) is 153 cm³/mol. The number of carbonyl (C=O) groups excluding carboxylic acids is 1. The minimum atomic E-state index is -4.08. The van der Waals surface area contributed by atoms with Gasteiger partial charge in [-0.3, -0.25) is 9.10 Å². The van der Waals surface area contributed by atoms with Crippen molar-refractivity contribution >= 4 is 39.4 Å². The van der Waals surface area contributed by atoms with Gasteiger partial charge in [0.05, 0.1) is 21.8 Å². The quantitative estimate of drug-likeness (QED) is 0.226. The van der Waals surface area contributed by atoms with Crippen LogP contribution in [0.3, 0.4) is 0 Å². The van der Waals surface area contributed by atoms with Crippen molar-refractivity contribution in [3.63, 3.8) is 0 Å². The van der Waals surface area contributed by atoms with E-state index in [-0.39, 0.29) is 15.6 Å². The van der Waals surface area contributed by atoms with Gasteiger partial charge in [-0.05, 0) is 75.7 Å². The van der Waals surface area contributed by atoms with Gasteiger partial charge in [0.15, 0.2) is 0 Å². The van der Waals surface area contributed by atoms with E-state index >= 15 is 0 Å². The van der Waals surface area contributed by atoms with Gasteiger partial charge in [0.2, 0.25) is 0 Å². The van der Waals surface area contributed by atoms with E-state index in [0.29, 0.717) is 0 Å². The number of amides is 1. The molecule has 1 amide bonds. The predicted octanol–water partition coefficient (Wildman–Crippen LogP) is 5.71. The maximum Gasteiger partial charge on any atom is 0.264 e. The standard InChI is InChI=1S/C29H29ClN4O3S/c1-20-12-14-26(15-13-20)38(36,37)33(28-11-6-5-10-27(28)30)19-29(35)32-31-18-24-17-22(3)34(23(24)4)25-9-7-8-21(2)16-25/h5-18H,19H2,1-4H3,(H,32,35)/b31-18-. The van der Waals surface area contributed by atoms with E-state index < -0.39 is 22.5 Å². The molecule has 1 aromatic heterocycles. The van der Waals surface area contributed by atoms with Crippen LogP contribution in [-0.2, 0) is 14.8 Å². The lowest BCUT2D eigenvalue weighted by Gasteiger charge is -2.24. The topological polar surface area (TPSA) is 83.8 Å². The first-order valence-corrected chi connectivity index (χ1v) is 13.8. The van der Waals surface area contributed by atoms with E-state index in [1.54, 1.807) is 42.6 Å². The van der Waals surface area contributed by atoms with Crippen molar-refractivity contribution in [2.75, 3.05) is 10.8 Å². The van der Waals surface area contributed by atoms with Crippen molar-refractivity contribution in [2.24, 2.45) is 5.10 Å². The Morgan fingerprint density at radius 1 is 0.947 bits per heavy atom. The van der Waals surface area contributed by atoms with Crippen LogP contribution in [0.4, 0.5) is 5.69 Å². The van der Waals surface area contributed by atoms with Crippen LogP contribution in [0.2, 0.25) is 5.02 Å². The molecule has 0 aliphatic heterocycles. The van der Waals surface area contributed by atoms with Crippen LogP contribution in [0, 0.1) is 27.7 Å². The number of aromatic nitrogens is 1. The van der Waals surface area contributed by atoms with Crippen LogP contribution < -0.4 is 9.73 Å². The number of anilines is 1. The maximum atomic E-state index is 13.5. The van der Waals surface area contributed by atoms with Gasteiger partial charge in [0.25, 0.3) is 15.9 Å². The van der Waals surface area contributed by atoms with Gasteiger partial charge in [-0.1, -0.05) is 53.6 Å². The molecule has 3 aromatic carbocycles. The smallest absolute Gasteiger partial charge is 0.264 e. The lowest BCUT2D eigenvalue weighted by atomic mass is 10.2. The minimum Gasteiger partial charge on any atom is -0.318 e. The van der Waals surface area contributed by atoms with E-state index in [0.717, 1.165) is 38.1 Å². The first kappa shape index (κ1) is 27.2. The molecule has 4 rings (SSSR count). The number of hydrogen-bond donors (Lipinski definition) is 1. The molecule has 1 heterocycles. The van der Waals surface area contributed by atoms with Gasteiger partial charge in [0.1, 0.15) is 6.54 Å². The van der Waals surface area contributed by atoms with Gasteiger partial charge in [-0.2, -0.15) is 5.10 Å². The van der Waals surface area contributed by atoms with Crippen molar-refractivity contribution in [1.29, 1.82) is 0 Å². The van der Waals surface area contributed by atoms with Crippen LogP contribution in [0.1, 0.15) is 28.1 Å². The molecule has 196 valence electrons. The molecule has 0 aliphatic carbocycles. The summed E-state index contributed by atoms with van der Waals surface area (Å²) < 4.78 is 30.1. The number of halogens is 1. The number of benzene rings is 3. The van der Waals surface area contributed by atoms with Crippen LogP contribution in [-0.4, -0.2) is 31.7 Å². The van der Waals surface area contributed by atoms with Gasteiger partial charge in [-0.25, -0.2) is 13.8 Å². The Labute approximate surface area is 228 Å². The van der Waals surface area contributed by atoms with Gasteiger partial charge in [0, 0.05) is 22.6 Å². The average molecular weight is 549 g/mol. The van der Waals surface area contributed by atoms with E-state index in [2.05, 4.69) is 21.2 Å². The van der Waals surface area contributed by atoms with Crippen molar-refractivity contribution in [3.05, 3.63) is 112 Å². The molecule has 1 N–H and O–H groups in total. The second-order valence-electron chi connectivity index (χ2n) is 9.07. The fourth-order valence-corrected chi connectivity index (χ4v) is 5.94. The van der Waals surface area contributed by atoms with Crippen LogP contribution in [0.25, 0.3) is 5.69 Å². The molecule has 0 aliphatic rings. The van der Waals surface area contributed by atoms with Gasteiger partial charge < -0.3 is 4.57 Å². The molecule has 38 heavy (non-hydrogen) atoms. The van der Waals surface area contributed by atoms with Crippen LogP contribution in [0.15, 0.2) is 88.9 Å². The van der Waals surface area contributed by atoms with E-state index in [1.807, 2.05) is 52.0 Å². The second kappa shape index (κ2) is 11.2. The Morgan fingerprint density at radius 3 is 2.34 bits per heavy atom. The molecular formula is C29H29ClN4O3S. The zero-order chi connectivity index (χ0) is 27.4. The summed E-state index contributed by atoms with van der Waals surface area (Å²) >= 11 is 6.33. The normalized spacial score (nSPS) is 11.6. The highest BCUT2D eigenvalue weighted by Gasteiger charge is 2.28. The number of sulfonamides is 1. The van der Waals surface area contributed by atoms with E-state index in [4.69, 9.17) is 11.6 Å². The highest BCUT2D eigenvalue weighted by atomic mass is 35.5. The van der Waals surface area contributed by atoms with E-state index in [1.165, 1.54) is 12.1 Å². The third kappa shape index (κ3) is 5.82. The summed E-state index contributed by atoms with van der Waals surface area (Å²) in [6.07, 6.45) is 1.56. The van der Waals surface area contributed by atoms with Crippen molar-refractivity contribution < 1.29 is 13.2 Å². The monoisotopic (exact) mass is 548 g/mol. The molecule has 0 fully saturated rings. The molecule has 0 radical (unpaired) electrons. The lowest BCUT2D eigenvalue weighted by molar-refractivity contribution is -0.119. The summed E-state index contributed by atoms with van der Waals surface area (Å²) in [5, 5.41) is 4.32. The third-order valence-electron chi connectivity index (χ3n) is 6.14. The van der Waals surface area contributed by atoms with Crippen LogP contribution >= 0.6 is 11.6 Å². The molecule has 0 atom stereocenters. The highest BCUT2D eigenvalue weighted by Crippen LogP contribution is 2.30. The van der Waals surface area contributed by atoms with Gasteiger partial charge >= 0.3 is 0 Å². The number of rotatable bonds is 8. The molecule has 0 saturated carbocycles. The van der Waals surface area contributed by atoms with Crippen LogP contribution in [0.5, 0.6) is 0 Å². The number of aryl methyl sites for hydroxylation is 3. The number of carbonyl (C=O) groups is 1. The molecule has 0 bridgehead atoms. The number of nitrogens with zero attached hydrogens (tertiary/aromatic N) is 3. The summed E-state index contributed by atoms with van der Waals surface area (Å²) in [7, 11) is -4.08. The molecule has 0 saturated heterocycles. The molecule has 9 heteroatoms. The fraction of sp³-hybridized carbons (Fsp3) is 0.172. The first-order valence-electron chi connectivity index (χ1n) is 12.0. The number of nitrogens with one attached hydrogen (secondary N) is 1. The summed E-state index contributed by atoms with van der Waals surface area (Å²) in [6.45, 7) is 7.39. The zero-order valence-electron chi connectivity index (χ0n) is 21.6. The Kier molecular flexibility index (Phi) is 8.04. The summed E-state index contributed by atoms with van der Waals surface area (Å²) in [4.78, 5) is 13.0. The first-order chi connectivity index (χ1) is 18.1. The molecule has 0 spiro atoms. The van der Waals surface area contributed by atoms with Crippen molar-refractivity contribution in [2.45, 2.75) is 32.6 Å². The highest BCUT2D eigenvalue weighted by molar-refractivity contribution is 7.92. The lowest BCUT2D eigenvalue weighted by Crippen LogP contribution is -2.39. The minimum absolute atomic E-state index is 0.0582. The summed E-state index contributed by atoms with van der Waals surface area (Å²) in [5.41, 5.74) is 8.60. The van der Waals surface area contributed by atoms with Crippen molar-refractivity contribution in [1.82, 2.24) is 9.99 Å². The SMILES string of the molecule is Cc1ccc(S(=O)(=O)N(CC(=O)N/N=C\c2cc(C)n(-c3cccc(C)c3)c2C)c2ccccc2Cl)cc1. The second-order valence-corrected chi connectivity index (χ2v) is 11.3. The molecule has 0 unspecified atom stereocenters. The Balaban J connectivity index is 1.56. The Hall–Kier alpha value is -3.88. The number of hydrazone groups is 1. The Morgan fingerprint density at radius 2 is 1.66 bits per heavy atom. The summed E-state index contributed by atoms with van der Waals surface area (Å²) in [6, 6.07) is 23.1. The number of para-hydroxylation sites is 1. The Bertz CT molecular complexity index is 1610. The maximum absolute atomic E-state index is 13.5. The van der Waals surface area contributed by atoms with Crippen molar-refractivity contribution in [3.8, 4) is 5.69 Å². The average Bonchev–Trinajstić information content (AvgIpc) is 3.16. The molecular weight excluding hydrogens is 520 g/mol. The number of hydrogen-bond acceptors (Lipinski definition) is 4. The zero-order valence-corrected chi connectivity index (χ0v) is 23.2. The largest absolute Gasteiger partial charge is 0.318 e.